The summed E-state index contributed by atoms with van der Waals surface area (Å²) in [6.07, 6.45) is 8.67. The van der Waals surface area contributed by atoms with Gasteiger partial charge in [0.2, 0.25) is 11.7 Å². The molecule has 1 amide bonds. The van der Waals surface area contributed by atoms with Crippen LogP contribution in [0.15, 0.2) is 36.9 Å². The van der Waals surface area contributed by atoms with Crippen molar-refractivity contribution in [2.24, 2.45) is 40.4 Å². The summed E-state index contributed by atoms with van der Waals surface area (Å²) in [5.74, 6) is -2.86. The summed E-state index contributed by atoms with van der Waals surface area (Å²) in [5.41, 5.74) is 1.56. The van der Waals surface area contributed by atoms with E-state index in [1.807, 2.05) is 19.1 Å². The lowest BCUT2D eigenvalue weighted by Gasteiger charge is -2.39. The first kappa shape index (κ1) is 41.2. The summed E-state index contributed by atoms with van der Waals surface area (Å²) in [6.45, 7) is 15.4. The number of hydrogen-bond acceptors (Lipinski definition) is 7. The molecule has 1 aromatic carbocycles. The van der Waals surface area contributed by atoms with Crippen LogP contribution < -0.4 is 0 Å². The number of sulfone groups is 1. The van der Waals surface area contributed by atoms with Crippen LogP contribution in [0.3, 0.4) is 0 Å². The third-order valence-corrected chi connectivity index (χ3v) is 16.3. The Hall–Kier alpha value is -2.94. The molecule has 3 fully saturated rings. The van der Waals surface area contributed by atoms with Gasteiger partial charge in [-0.25, -0.2) is 8.42 Å². The molecule has 1 aliphatic heterocycles. The maximum absolute atomic E-state index is 15.0. The molecule has 1 heterocycles. The lowest BCUT2D eigenvalue weighted by molar-refractivity contribution is -0.147. The molecular weight excluding hydrogens is 687 g/mol. The Kier molecular flexibility index (Phi) is 12.5. The standard InChI is InChI=1S/C44H63NO7S/c1-8-10-19-36(47)40(49)31(16-9-2)24-37(48)39-38-35(43(38,6)7)27-45(39)41(50)34(32-22-29-17-12-13-18-30(29)23-32)25-33(46)26-44(20-14-11-15-21-44)28-53(51,52)42(3,4)5/h8,12-13,17-18,31-32,34-35,38-39H,1,9-11,14-16,19-28H2,2-7H3/t31?,34-,35?,38-,39+/m0/s1. The van der Waals surface area contributed by atoms with Gasteiger partial charge in [-0.3, -0.25) is 24.0 Å². The zero-order valence-electron chi connectivity index (χ0n) is 33.1. The van der Waals surface area contributed by atoms with Gasteiger partial charge in [0.1, 0.15) is 5.78 Å². The summed E-state index contributed by atoms with van der Waals surface area (Å²) < 4.78 is 26.1. The number of allylic oxidation sites excluding steroid dienone is 1. The zero-order chi connectivity index (χ0) is 38.9. The van der Waals surface area contributed by atoms with Crippen molar-refractivity contribution < 1.29 is 32.4 Å². The van der Waals surface area contributed by atoms with E-state index < -0.39 is 49.4 Å². The molecule has 0 spiro atoms. The van der Waals surface area contributed by atoms with Crippen molar-refractivity contribution >= 4 is 38.9 Å². The average Bonchev–Trinajstić information content (AvgIpc) is 3.44. The number of amides is 1. The Morgan fingerprint density at radius 3 is 2.17 bits per heavy atom. The third-order valence-electron chi connectivity index (χ3n) is 13.5. The van der Waals surface area contributed by atoms with Crippen molar-refractivity contribution in [1.82, 2.24) is 4.90 Å². The number of piperidine rings is 1. The summed E-state index contributed by atoms with van der Waals surface area (Å²) in [6, 6.07) is 7.43. The number of likely N-dealkylation sites (tertiary alicyclic amines) is 1. The second-order valence-corrected chi connectivity index (χ2v) is 21.3. The van der Waals surface area contributed by atoms with Crippen molar-refractivity contribution in [3.63, 3.8) is 0 Å². The van der Waals surface area contributed by atoms with Gasteiger partial charge < -0.3 is 4.90 Å². The normalized spacial score (nSPS) is 24.5. The Balaban J connectivity index is 1.42. The highest BCUT2D eigenvalue weighted by atomic mass is 32.2. The Labute approximate surface area is 318 Å². The molecule has 3 aliphatic carbocycles. The van der Waals surface area contributed by atoms with Gasteiger partial charge in [-0.1, -0.05) is 76.8 Å². The number of rotatable bonds is 18. The summed E-state index contributed by atoms with van der Waals surface area (Å²) in [7, 11) is -3.49. The van der Waals surface area contributed by atoms with E-state index in [0.717, 1.165) is 19.3 Å². The van der Waals surface area contributed by atoms with Crippen LogP contribution in [0.4, 0.5) is 0 Å². The fraction of sp³-hybridized carbons (Fsp3) is 0.705. The third kappa shape index (κ3) is 8.81. The first-order valence-corrected chi connectivity index (χ1v) is 21.8. The minimum absolute atomic E-state index is 0.0136. The van der Waals surface area contributed by atoms with Crippen LogP contribution in [-0.4, -0.2) is 65.4 Å². The van der Waals surface area contributed by atoms with Crippen molar-refractivity contribution in [3.8, 4) is 0 Å². The molecule has 53 heavy (non-hydrogen) atoms. The molecule has 0 N–H and O–H groups in total. The van der Waals surface area contributed by atoms with Crippen LogP contribution in [0, 0.1) is 40.4 Å². The molecule has 2 saturated carbocycles. The van der Waals surface area contributed by atoms with Gasteiger partial charge in [0.15, 0.2) is 21.4 Å². The average molecular weight is 750 g/mol. The summed E-state index contributed by atoms with van der Waals surface area (Å²) >= 11 is 0. The fourth-order valence-corrected chi connectivity index (χ4v) is 11.7. The highest BCUT2D eigenvalue weighted by Gasteiger charge is 2.69. The SMILES string of the molecule is C=CCCC(=O)C(=O)C(CCC)CC(=O)[C@@H]1[C@@H]2C(CN1C(=O)[C@@H](CC(=O)CC1(CS(=O)(=O)C(C)(C)C)CCCCC1)C1Cc3ccccc3C1)C2(C)C. The Morgan fingerprint density at radius 1 is 0.981 bits per heavy atom. The number of Topliss-reactive ketones (excluding diaryl/α,β-unsaturated/α-hetero) is 4. The molecular formula is C44H63NO7S. The van der Waals surface area contributed by atoms with E-state index in [2.05, 4.69) is 32.6 Å². The van der Waals surface area contributed by atoms with Gasteiger partial charge in [0.25, 0.3) is 0 Å². The predicted octanol–water partition coefficient (Wildman–Crippen LogP) is 7.49. The summed E-state index contributed by atoms with van der Waals surface area (Å²) in [4.78, 5) is 71.5. The van der Waals surface area contributed by atoms with Gasteiger partial charge in [0, 0.05) is 44.1 Å². The van der Waals surface area contributed by atoms with E-state index in [-0.39, 0.29) is 72.1 Å². The van der Waals surface area contributed by atoms with E-state index in [1.54, 1.807) is 31.7 Å². The minimum Gasteiger partial charge on any atom is -0.332 e. The second kappa shape index (κ2) is 16.0. The first-order chi connectivity index (χ1) is 24.9. The maximum Gasteiger partial charge on any atom is 0.227 e. The minimum atomic E-state index is -3.49. The van der Waals surface area contributed by atoms with E-state index in [4.69, 9.17) is 0 Å². The quantitative estimate of drug-likeness (QED) is 0.113. The van der Waals surface area contributed by atoms with Crippen LogP contribution in [0.2, 0.25) is 0 Å². The molecule has 5 rings (SSSR count). The molecule has 8 nitrogen and oxygen atoms in total. The molecule has 4 aliphatic rings. The van der Waals surface area contributed by atoms with Crippen LogP contribution in [0.5, 0.6) is 0 Å². The molecule has 1 saturated heterocycles. The number of ketones is 4. The van der Waals surface area contributed by atoms with E-state index in [1.165, 1.54) is 11.1 Å². The van der Waals surface area contributed by atoms with E-state index in [9.17, 15) is 27.6 Å². The lowest BCUT2D eigenvalue weighted by Crippen LogP contribution is -2.50. The van der Waals surface area contributed by atoms with Gasteiger partial charge in [-0.15, -0.1) is 6.58 Å². The number of nitrogens with zero attached hydrogens (tertiary/aromatic N) is 1. The molecule has 2 unspecified atom stereocenters. The van der Waals surface area contributed by atoms with Crippen LogP contribution >= 0.6 is 0 Å². The van der Waals surface area contributed by atoms with Gasteiger partial charge in [0.05, 0.1) is 16.5 Å². The van der Waals surface area contributed by atoms with Crippen molar-refractivity contribution in [2.45, 2.75) is 142 Å². The van der Waals surface area contributed by atoms with Crippen LogP contribution in [0.1, 0.15) is 130 Å². The van der Waals surface area contributed by atoms with E-state index in [0.29, 0.717) is 51.5 Å². The highest BCUT2D eigenvalue weighted by molar-refractivity contribution is 7.92. The number of carbonyl (C=O) groups is 5. The number of benzene rings is 1. The van der Waals surface area contributed by atoms with Gasteiger partial charge >= 0.3 is 0 Å². The number of hydrogen-bond donors (Lipinski definition) is 0. The smallest absolute Gasteiger partial charge is 0.227 e. The number of fused-ring (bicyclic) bond motifs is 2. The Morgan fingerprint density at radius 2 is 1.60 bits per heavy atom. The van der Waals surface area contributed by atoms with Crippen molar-refractivity contribution in [1.29, 1.82) is 0 Å². The summed E-state index contributed by atoms with van der Waals surface area (Å²) in [5, 5.41) is 0. The fourth-order valence-electron chi connectivity index (χ4n) is 10.1. The van der Waals surface area contributed by atoms with Crippen molar-refractivity contribution in [2.75, 3.05) is 12.3 Å². The molecule has 0 aromatic heterocycles. The monoisotopic (exact) mass is 749 g/mol. The van der Waals surface area contributed by atoms with E-state index >= 15 is 4.79 Å². The number of carbonyl (C=O) groups excluding carboxylic acids is 5. The first-order valence-electron chi connectivity index (χ1n) is 20.2. The predicted molar refractivity (Wildman–Crippen MR) is 208 cm³/mol. The Bertz CT molecular complexity index is 1670. The lowest BCUT2D eigenvalue weighted by atomic mass is 9.71. The molecule has 1 aromatic rings. The van der Waals surface area contributed by atoms with Gasteiger partial charge in [-0.2, -0.15) is 0 Å². The second-order valence-electron chi connectivity index (χ2n) is 18.6. The molecule has 292 valence electrons. The molecule has 9 heteroatoms. The highest BCUT2D eigenvalue weighted by Crippen LogP contribution is 2.65. The molecule has 0 bridgehead atoms. The zero-order valence-corrected chi connectivity index (χ0v) is 33.9. The maximum atomic E-state index is 15.0. The molecule has 0 radical (unpaired) electrons. The van der Waals surface area contributed by atoms with Crippen molar-refractivity contribution in [3.05, 3.63) is 48.0 Å². The van der Waals surface area contributed by atoms with Crippen LogP contribution in [-0.2, 0) is 46.7 Å². The topological polar surface area (TPSA) is 123 Å². The van der Waals surface area contributed by atoms with Gasteiger partial charge in [-0.05, 0) is 99.0 Å². The van der Waals surface area contributed by atoms with Crippen LogP contribution in [0.25, 0.3) is 0 Å². The largest absolute Gasteiger partial charge is 0.332 e. The molecule has 5 atom stereocenters.